The monoisotopic (exact) mass is 697 g/mol. The van der Waals surface area contributed by atoms with Gasteiger partial charge in [-0.2, -0.15) is 0 Å². The highest BCUT2D eigenvalue weighted by molar-refractivity contribution is 8.03. The first-order valence-electron chi connectivity index (χ1n) is 15.4. The minimum Gasteiger partial charge on any atom is -0.456 e. The fourth-order valence-corrected chi connectivity index (χ4v) is 7.72. The van der Waals surface area contributed by atoms with E-state index in [0.29, 0.717) is 29.9 Å². The summed E-state index contributed by atoms with van der Waals surface area (Å²) in [6.07, 6.45) is -2.03. The molecule has 16 nitrogen and oxygen atoms in total. The number of nitro groups is 2. The Bertz CT molecular complexity index is 1650. The maximum atomic E-state index is 13.5. The van der Waals surface area contributed by atoms with Crippen LogP contribution in [0.4, 0.5) is 10.5 Å². The molecule has 0 spiro atoms. The number of ether oxygens (including phenoxy) is 3. The second kappa shape index (κ2) is 15.0. The topological polar surface area (TPSA) is 192 Å². The van der Waals surface area contributed by atoms with Crippen molar-refractivity contribution in [3.05, 3.63) is 96.6 Å². The lowest BCUT2D eigenvalue weighted by Crippen LogP contribution is -2.58. The molecule has 49 heavy (non-hydrogen) atoms. The number of β-lactam (4-membered cyclic amide) rings is 1. The molecule has 0 bridgehead atoms. The van der Waals surface area contributed by atoms with Crippen LogP contribution in [-0.4, -0.2) is 100 Å². The van der Waals surface area contributed by atoms with Gasteiger partial charge >= 0.3 is 18.4 Å². The molecule has 3 heterocycles. The number of non-ortho nitro benzene ring substituents is 1. The lowest BCUT2D eigenvalue weighted by Gasteiger charge is -2.43. The second-order valence-corrected chi connectivity index (χ2v) is 13.5. The number of likely N-dealkylation sites (N-methyl/N-ethyl adjacent to an activating group) is 2. The van der Waals surface area contributed by atoms with E-state index in [9.17, 15) is 39.4 Å². The molecule has 260 valence electrons. The number of carbonyl (C=O) groups excluding carboxylic acids is 4. The van der Waals surface area contributed by atoms with Gasteiger partial charge in [0.05, 0.1) is 40.0 Å². The summed E-state index contributed by atoms with van der Waals surface area (Å²) in [4.78, 5) is 78.7. The standard InChI is InChI=1S/C32H35N5O11S/c1-33(2)29(39)25-15-22(17-34(25)3)49-26-16-24-23(13-14-46-32(41)48-30(37(44)45)20-7-5-4-6-8-20)28(38)35(24)27(26)31(40)47-18-19-9-11-21(12-10-19)36(42)43/h4-12,22-25,30H,13-18H2,1-3H3/t22?,23-,24-,25?,30?/m0/s1. The number of hydrogen-bond donors (Lipinski definition) is 0. The number of nitrogens with zero attached hydrogens (tertiary/aromatic N) is 5. The summed E-state index contributed by atoms with van der Waals surface area (Å²) in [5.74, 6) is -1.72. The average molecular weight is 698 g/mol. The van der Waals surface area contributed by atoms with Crippen LogP contribution >= 0.6 is 11.8 Å². The first-order chi connectivity index (χ1) is 23.3. The van der Waals surface area contributed by atoms with Crippen molar-refractivity contribution in [3.63, 3.8) is 0 Å². The van der Waals surface area contributed by atoms with Crippen molar-refractivity contribution < 1.29 is 43.2 Å². The molecule has 0 N–H and O–H groups in total. The van der Waals surface area contributed by atoms with Crippen molar-refractivity contribution >= 4 is 41.4 Å². The number of esters is 1. The van der Waals surface area contributed by atoms with Crippen molar-refractivity contribution in [1.82, 2.24) is 14.7 Å². The van der Waals surface area contributed by atoms with E-state index in [1.54, 1.807) is 32.3 Å². The zero-order valence-corrected chi connectivity index (χ0v) is 27.8. The molecule has 2 amide bonds. The zero-order valence-electron chi connectivity index (χ0n) is 27.0. The molecule has 0 saturated carbocycles. The smallest absolute Gasteiger partial charge is 0.456 e. The largest absolute Gasteiger partial charge is 0.513 e. The Morgan fingerprint density at radius 2 is 1.73 bits per heavy atom. The third-order valence-corrected chi connectivity index (χ3v) is 9.96. The minimum atomic E-state index is -1.75. The van der Waals surface area contributed by atoms with Gasteiger partial charge in [-0.25, -0.2) is 9.59 Å². The van der Waals surface area contributed by atoms with Crippen LogP contribution in [0, 0.1) is 26.1 Å². The highest BCUT2D eigenvalue weighted by Gasteiger charge is 2.55. The minimum absolute atomic E-state index is 0.0281. The fourth-order valence-electron chi connectivity index (χ4n) is 6.17. The van der Waals surface area contributed by atoms with Gasteiger partial charge in [0, 0.05) is 49.3 Å². The lowest BCUT2D eigenvalue weighted by molar-refractivity contribution is -0.576. The van der Waals surface area contributed by atoms with Gasteiger partial charge in [-0.3, -0.25) is 34.7 Å². The summed E-state index contributed by atoms with van der Waals surface area (Å²) in [6.45, 7) is 0.155. The predicted molar refractivity (Wildman–Crippen MR) is 173 cm³/mol. The third-order valence-electron chi connectivity index (χ3n) is 8.64. The van der Waals surface area contributed by atoms with Crippen molar-refractivity contribution in [3.8, 4) is 0 Å². The highest BCUT2D eigenvalue weighted by Crippen LogP contribution is 2.49. The molecule has 0 aliphatic carbocycles. The summed E-state index contributed by atoms with van der Waals surface area (Å²) < 4.78 is 15.6. The molecule has 17 heteroatoms. The summed E-state index contributed by atoms with van der Waals surface area (Å²) >= 11 is 1.43. The normalized spacial score (nSPS) is 22.2. The Kier molecular flexibility index (Phi) is 10.8. The molecule has 2 fully saturated rings. The molecule has 0 aromatic heterocycles. The van der Waals surface area contributed by atoms with Gasteiger partial charge in [0.2, 0.25) is 11.8 Å². The van der Waals surface area contributed by atoms with Crippen LogP contribution in [0.15, 0.2) is 65.2 Å². The maximum Gasteiger partial charge on any atom is 0.513 e. The Labute approximate surface area is 285 Å². The Morgan fingerprint density at radius 1 is 1.04 bits per heavy atom. The second-order valence-electron chi connectivity index (χ2n) is 12.1. The summed E-state index contributed by atoms with van der Waals surface area (Å²) in [5.41, 5.74) is 0.690. The fraction of sp³-hybridized carbons (Fsp3) is 0.438. The van der Waals surface area contributed by atoms with Crippen LogP contribution in [0.2, 0.25) is 0 Å². The molecular formula is C32H35N5O11S. The van der Waals surface area contributed by atoms with Gasteiger partial charge in [0.15, 0.2) is 0 Å². The number of benzene rings is 2. The number of carbonyl (C=O) groups is 4. The number of amides is 2. The van der Waals surface area contributed by atoms with E-state index >= 15 is 0 Å². The van der Waals surface area contributed by atoms with E-state index in [1.165, 1.54) is 58.0 Å². The number of fused-ring (bicyclic) bond motifs is 1. The molecule has 2 saturated heterocycles. The van der Waals surface area contributed by atoms with Crippen LogP contribution in [0.25, 0.3) is 0 Å². The Morgan fingerprint density at radius 3 is 2.37 bits per heavy atom. The van der Waals surface area contributed by atoms with Crippen molar-refractivity contribution in [2.24, 2.45) is 5.92 Å². The lowest BCUT2D eigenvalue weighted by atomic mass is 9.85. The summed E-state index contributed by atoms with van der Waals surface area (Å²) in [6, 6.07) is 12.5. The molecule has 3 aliphatic rings. The Hall–Kier alpha value is -5.03. The van der Waals surface area contributed by atoms with Gasteiger partial charge in [-0.05, 0) is 49.7 Å². The van der Waals surface area contributed by atoms with Crippen LogP contribution < -0.4 is 0 Å². The van der Waals surface area contributed by atoms with Gasteiger partial charge in [-0.1, -0.05) is 18.2 Å². The number of nitro benzene ring substituents is 1. The van der Waals surface area contributed by atoms with E-state index < -0.39 is 40.2 Å². The van der Waals surface area contributed by atoms with Gasteiger partial charge in [0.25, 0.3) is 5.69 Å². The van der Waals surface area contributed by atoms with Crippen molar-refractivity contribution in [1.29, 1.82) is 0 Å². The van der Waals surface area contributed by atoms with Crippen LogP contribution in [0.1, 0.15) is 36.6 Å². The molecule has 0 radical (unpaired) electrons. The number of rotatable bonds is 13. The number of likely N-dealkylation sites (tertiary alicyclic amines) is 1. The number of thioether (sulfide) groups is 1. The van der Waals surface area contributed by atoms with Gasteiger partial charge in [0.1, 0.15) is 12.3 Å². The van der Waals surface area contributed by atoms with E-state index in [2.05, 4.69) is 0 Å². The predicted octanol–water partition coefficient (Wildman–Crippen LogP) is 3.49. The zero-order chi connectivity index (χ0) is 35.4. The maximum absolute atomic E-state index is 13.5. The van der Waals surface area contributed by atoms with Crippen LogP contribution in [-0.2, 0) is 35.2 Å². The Balaban J connectivity index is 1.24. The first kappa shape index (κ1) is 35.3. The quantitative estimate of drug-likeness (QED) is 0.0972. The average Bonchev–Trinajstić information content (AvgIpc) is 3.61. The molecule has 3 unspecified atom stereocenters. The SMILES string of the molecule is CN(C)C(=O)C1CC(SC2=C(C(=O)OCc3ccc([N+](=O)[O-])cc3)N3C(=O)[C@@H](CCOC(=O)OC(c4ccccc4)[N+](=O)[O-])[C@@H]3C2)CN1C. The van der Waals surface area contributed by atoms with Gasteiger partial charge in [-0.15, -0.1) is 11.8 Å². The molecule has 2 aromatic rings. The van der Waals surface area contributed by atoms with E-state index in [4.69, 9.17) is 14.2 Å². The van der Waals surface area contributed by atoms with Gasteiger partial charge < -0.3 is 24.0 Å². The van der Waals surface area contributed by atoms with E-state index in [1.807, 2.05) is 11.9 Å². The highest BCUT2D eigenvalue weighted by atomic mass is 32.2. The van der Waals surface area contributed by atoms with E-state index in [-0.39, 0.29) is 59.7 Å². The van der Waals surface area contributed by atoms with Crippen LogP contribution in [0.5, 0.6) is 0 Å². The third kappa shape index (κ3) is 7.83. The number of hydrogen-bond acceptors (Lipinski definition) is 13. The van der Waals surface area contributed by atoms with Crippen molar-refractivity contribution in [2.75, 3.05) is 34.3 Å². The molecule has 3 aliphatic heterocycles. The first-order valence-corrected chi connectivity index (χ1v) is 16.3. The molecule has 5 atom stereocenters. The summed E-state index contributed by atoms with van der Waals surface area (Å²) in [7, 11) is 5.25. The van der Waals surface area contributed by atoms with Crippen LogP contribution in [0.3, 0.4) is 0 Å². The van der Waals surface area contributed by atoms with Crippen molar-refractivity contribution in [2.45, 2.75) is 49.4 Å². The molecular weight excluding hydrogens is 662 g/mol. The molecule has 2 aromatic carbocycles. The summed E-state index contributed by atoms with van der Waals surface area (Å²) in [5, 5.41) is 22.4. The van der Waals surface area contributed by atoms with E-state index in [0.717, 1.165) is 0 Å². The molecule has 5 rings (SSSR count).